The molecule has 0 atom stereocenters. The Kier molecular flexibility index (Phi) is 3.13. The lowest BCUT2D eigenvalue weighted by atomic mass is 10.1. The lowest BCUT2D eigenvalue weighted by molar-refractivity contribution is 0.112. The van der Waals surface area contributed by atoms with Crippen molar-refractivity contribution in [2.75, 3.05) is 0 Å². The molecule has 98 valence electrons. The molecule has 0 amide bonds. The van der Waals surface area contributed by atoms with Gasteiger partial charge in [0, 0.05) is 24.2 Å². The average Bonchev–Trinajstić information content (AvgIpc) is 2.93. The number of pyridine rings is 1. The molecule has 0 radical (unpaired) electrons. The highest BCUT2D eigenvalue weighted by molar-refractivity contribution is 5.85. The van der Waals surface area contributed by atoms with Gasteiger partial charge in [0.1, 0.15) is 5.69 Å². The van der Waals surface area contributed by atoms with Gasteiger partial charge in [-0.15, -0.1) is 0 Å². The van der Waals surface area contributed by atoms with Gasteiger partial charge >= 0.3 is 0 Å². The smallest absolute Gasteiger partial charge is 0.153 e. The molecule has 0 aliphatic carbocycles. The highest BCUT2D eigenvalue weighted by Crippen LogP contribution is 2.21. The van der Waals surface area contributed by atoms with Gasteiger partial charge in [-0.3, -0.25) is 9.78 Å². The molecular weight excluding hydrogens is 250 g/mol. The number of carbonyl (C=O) groups excluding carboxylic acids is 1. The van der Waals surface area contributed by atoms with Gasteiger partial charge in [0.05, 0.1) is 11.3 Å². The van der Waals surface area contributed by atoms with Crippen LogP contribution in [0.2, 0.25) is 0 Å². The van der Waals surface area contributed by atoms with Crippen molar-refractivity contribution in [1.29, 1.82) is 0 Å². The molecule has 0 unspecified atom stereocenters. The molecular formula is C16H13N3O. The predicted molar refractivity (Wildman–Crippen MR) is 76.9 cm³/mol. The summed E-state index contributed by atoms with van der Waals surface area (Å²) in [6.45, 7) is 2.03. The summed E-state index contributed by atoms with van der Waals surface area (Å²) < 4.78 is 1.72. The van der Waals surface area contributed by atoms with Gasteiger partial charge < -0.3 is 0 Å². The number of aryl methyl sites for hydroxylation is 1. The topological polar surface area (TPSA) is 47.8 Å². The Morgan fingerprint density at radius 2 is 1.75 bits per heavy atom. The Balaban J connectivity index is 2.09. The Bertz CT molecular complexity index is 730. The Morgan fingerprint density at radius 1 is 1.05 bits per heavy atom. The molecule has 0 aliphatic rings. The zero-order valence-corrected chi connectivity index (χ0v) is 11.0. The van der Waals surface area contributed by atoms with E-state index in [0.29, 0.717) is 11.3 Å². The van der Waals surface area contributed by atoms with Gasteiger partial charge in [-0.1, -0.05) is 17.7 Å². The summed E-state index contributed by atoms with van der Waals surface area (Å²) in [5, 5.41) is 4.51. The van der Waals surface area contributed by atoms with E-state index in [0.717, 1.165) is 17.5 Å². The van der Waals surface area contributed by atoms with E-state index >= 15 is 0 Å². The molecule has 2 heterocycles. The minimum Gasteiger partial charge on any atom is -0.298 e. The van der Waals surface area contributed by atoms with E-state index in [9.17, 15) is 4.79 Å². The van der Waals surface area contributed by atoms with Gasteiger partial charge in [-0.05, 0) is 31.2 Å². The third-order valence-corrected chi connectivity index (χ3v) is 3.12. The SMILES string of the molecule is Cc1ccc(-n2cc(C=O)c(-c3ccncc3)n2)cc1. The van der Waals surface area contributed by atoms with Crippen LogP contribution >= 0.6 is 0 Å². The van der Waals surface area contributed by atoms with E-state index in [1.54, 1.807) is 23.3 Å². The van der Waals surface area contributed by atoms with Crippen LogP contribution in [0, 0.1) is 6.92 Å². The second kappa shape index (κ2) is 5.09. The van der Waals surface area contributed by atoms with Crippen molar-refractivity contribution in [3.05, 3.63) is 66.1 Å². The molecule has 20 heavy (non-hydrogen) atoms. The quantitative estimate of drug-likeness (QED) is 0.682. The van der Waals surface area contributed by atoms with Crippen molar-refractivity contribution in [3.63, 3.8) is 0 Å². The molecule has 2 aromatic heterocycles. The number of benzene rings is 1. The Hall–Kier alpha value is -2.75. The lowest BCUT2D eigenvalue weighted by Crippen LogP contribution is -1.94. The number of nitrogens with zero attached hydrogens (tertiary/aromatic N) is 3. The second-order valence-corrected chi connectivity index (χ2v) is 4.57. The third kappa shape index (κ3) is 2.23. The van der Waals surface area contributed by atoms with Crippen molar-refractivity contribution in [2.24, 2.45) is 0 Å². The number of aromatic nitrogens is 3. The zero-order chi connectivity index (χ0) is 13.9. The van der Waals surface area contributed by atoms with Gasteiger partial charge in [0.25, 0.3) is 0 Å². The van der Waals surface area contributed by atoms with E-state index in [4.69, 9.17) is 0 Å². The summed E-state index contributed by atoms with van der Waals surface area (Å²) in [5.41, 5.74) is 4.23. The van der Waals surface area contributed by atoms with Crippen LogP contribution in [0.5, 0.6) is 0 Å². The number of aldehydes is 1. The van der Waals surface area contributed by atoms with Crippen molar-refractivity contribution in [2.45, 2.75) is 6.92 Å². The fourth-order valence-electron chi connectivity index (χ4n) is 2.04. The maximum Gasteiger partial charge on any atom is 0.153 e. The largest absolute Gasteiger partial charge is 0.298 e. The Morgan fingerprint density at radius 3 is 2.40 bits per heavy atom. The van der Waals surface area contributed by atoms with Gasteiger partial charge in [-0.2, -0.15) is 5.10 Å². The number of hydrogen-bond acceptors (Lipinski definition) is 3. The molecule has 0 N–H and O–H groups in total. The monoisotopic (exact) mass is 263 g/mol. The highest BCUT2D eigenvalue weighted by atomic mass is 16.1. The maximum atomic E-state index is 11.2. The highest BCUT2D eigenvalue weighted by Gasteiger charge is 2.11. The fourth-order valence-corrected chi connectivity index (χ4v) is 2.04. The molecule has 0 fully saturated rings. The maximum absolute atomic E-state index is 11.2. The summed E-state index contributed by atoms with van der Waals surface area (Å²) in [7, 11) is 0. The normalized spacial score (nSPS) is 10.4. The fraction of sp³-hybridized carbons (Fsp3) is 0.0625. The van der Waals surface area contributed by atoms with Crippen LogP contribution in [0.15, 0.2) is 55.0 Å². The van der Waals surface area contributed by atoms with Gasteiger partial charge in [0.2, 0.25) is 0 Å². The first-order valence-electron chi connectivity index (χ1n) is 6.30. The molecule has 0 aliphatic heterocycles. The third-order valence-electron chi connectivity index (χ3n) is 3.12. The van der Waals surface area contributed by atoms with Crippen LogP contribution in [0.1, 0.15) is 15.9 Å². The molecule has 0 spiro atoms. The van der Waals surface area contributed by atoms with Crippen molar-refractivity contribution < 1.29 is 4.79 Å². The van der Waals surface area contributed by atoms with E-state index in [-0.39, 0.29) is 0 Å². The standard InChI is InChI=1S/C16H13N3O/c1-12-2-4-15(5-3-12)19-10-14(11-20)16(18-19)13-6-8-17-9-7-13/h2-11H,1H3. The van der Waals surface area contributed by atoms with Crippen molar-refractivity contribution in [3.8, 4) is 16.9 Å². The first-order valence-corrected chi connectivity index (χ1v) is 6.30. The minimum absolute atomic E-state index is 0.566. The Labute approximate surface area is 116 Å². The second-order valence-electron chi connectivity index (χ2n) is 4.57. The molecule has 4 heteroatoms. The molecule has 3 aromatic rings. The summed E-state index contributed by atoms with van der Waals surface area (Å²) in [4.78, 5) is 15.2. The average molecular weight is 263 g/mol. The molecule has 0 bridgehead atoms. The first kappa shape index (κ1) is 12.3. The van der Waals surface area contributed by atoms with Crippen LogP contribution in [-0.2, 0) is 0 Å². The van der Waals surface area contributed by atoms with Crippen LogP contribution in [0.25, 0.3) is 16.9 Å². The van der Waals surface area contributed by atoms with E-state index in [1.165, 1.54) is 5.56 Å². The van der Waals surface area contributed by atoms with E-state index in [1.807, 2.05) is 43.3 Å². The summed E-state index contributed by atoms with van der Waals surface area (Å²) in [6, 6.07) is 11.7. The molecule has 0 saturated carbocycles. The summed E-state index contributed by atoms with van der Waals surface area (Å²) >= 11 is 0. The van der Waals surface area contributed by atoms with E-state index in [2.05, 4.69) is 10.1 Å². The van der Waals surface area contributed by atoms with Crippen LogP contribution in [-0.4, -0.2) is 21.1 Å². The lowest BCUT2D eigenvalue weighted by Gasteiger charge is -2.01. The zero-order valence-electron chi connectivity index (χ0n) is 11.0. The molecule has 0 saturated heterocycles. The van der Waals surface area contributed by atoms with Crippen molar-refractivity contribution >= 4 is 6.29 Å². The van der Waals surface area contributed by atoms with Crippen molar-refractivity contribution in [1.82, 2.24) is 14.8 Å². The minimum atomic E-state index is 0.566. The number of carbonyl (C=O) groups is 1. The summed E-state index contributed by atoms with van der Waals surface area (Å²) in [6.07, 6.45) is 5.95. The predicted octanol–water partition coefficient (Wildman–Crippen LogP) is 3.06. The van der Waals surface area contributed by atoms with Crippen LogP contribution in [0.4, 0.5) is 0 Å². The van der Waals surface area contributed by atoms with E-state index < -0.39 is 0 Å². The molecule has 3 rings (SSSR count). The molecule has 1 aromatic carbocycles. The summed E-state index contributed by atoms with van der Waals surface area (Å²) in [5.74, 6) is 0. The van der Waals surface area contributed by atoms with Crippen LogP contribution < -0.4 is 0 Å². The number of hydrogen-bond donors (Lipinski definition) is 0. The first-order chi connectivity index (χ1) is 9.78. The van der Waals surface area contributed by atoms with Gasteiger partial charge in [-0.25, -0.2) is 4.68 Å². The van der Waals surface area contributed by atoms with Crippen LogP contribution in [0.3, 0.4) is 0 Å². The number of rotatable bonds is 3. The molecule has 4 nitrogen and oxygen atoms in total. The van der Waals surface area contributed by atoms with Gasteiger partial charge in [0.15, 0.2) is 6.29 Å².